The first kappa shape index (κ1) is 12.6. The zero-order valence-electron chi connectivity index (χ0n) is 11.0. The van der Waals surface area contributed by atoms with Gasteiger partial charge in [-0.05, 0) is 38.7 Å². The van der Waals surface area contributed by atoms with Gasteiger partial charge in [0.25, 0.3) is 0 Å². The van der Waals surface area contributed by atoms with Crippen LogP contribution in [0.4, 0.5) is 5.82 Å². The minimum atomic E-state index is 0.301. The normalized spacial score (nSPS) is 12.6. The Kier molecular flexibility index (Phi) is 3.97. The van der Waals surface area contributed by atoms with E-state index in [2.05, 4.69) is 41.5 Å². The predicted molar refractivity (Wildman–Crippen MR) is 73.3 cm³/mol. The van der Waals surface area contributed by atoms with Crippen LogP contribution < -0.4 is 5.73 Å². The van der Waals surface area contributed by atoms with E-state index in [1.807, 2.05) is 17.7 Å². The highest BCUT2D eigenvalue weighted by molar-refractivity contribution is 5.32. The summed E-state index contributed by atoms with van der Waals surface area (Å²) in [5.41, 5.74) is 8.12. The summed E-state index contributed by atoms with van der Waals surface area (Å²) in [6.07, 6.45) is 3.28. The molecule has 0 amide bonds. The number of nitrogen functional groups attached to an aromatic ring is 1. The van der Waals surface area contributed by atoms with Gasteiger partial charge in [0.2, 0.25) is 0 Å². The Balaban J connectivity index is 1.85. The van der Waals surface area contributed by atoms with Crippen LogP contribution in [0.3, 0.4) is 0 Å². The second kappa shape index (κ2) is 5.67. The van der Waals surface area contributed by atoms with E-state index in [0.717, 1.165) is 25.0 Å². The zero-order valence-corrected chi connectivity index (χ0v) is 11.0. The topological polar surface area (TPSA) is 56.7 Å². The third-order valence-electron chi connectivity index (χ3n) is 3.26. The van der Waals surface area contributed by atoms with Crippen molar-refractivity contribution in [3.05, 3.63) is 41.6 Å². The predicted octanol–water partition coefficient (Wildman–Crippen LogP) is 2.75. The average Bonchev–Trinajstić information content (AvgIpc) is 2.71. The molecule has 2 aromatic rings. The Morgan fingerprint density at radius 2 is 2.00 bits per heavy atom. The maximum Gasteiger partial charge on any atom is 0.145 e. The van der Waals surface area contributed by atoms with Crippen LogP contribution in [-0.4, -0.2) is 15.0 Å². The smallest absolute Gasteiger partial charge is 0.145 e. The molecule has 0 saturated carbocycles. The van der Waals surface area contributed by atoms with Gasteiger partial charge in [0.05, 0.1) is 6.04 Å². The van der Waals surface area contributed by atoms with Crippen molar-refractivity contribution in [2.24, 2.45) is 0 Å². The summed E-state index contributed by atoms with van der Waals surface area (Å²) in [4.78, 5) is 0. The monoisotopic (exact) mass is 244 g/mol. The SMILES string of the molecule is Cc1nnn(C(C)CCCc2ccccc2)c1N. The number of hydrogen-bond donors (Lipinski definition) is 1. The van der Waals surface area contributed by atoms with Crippen molar-refractivity contribution in [1.29, 1.82) is 0 Å². The fourth-order valence-electron chi connectivity index (χ4n) is 2.07. The van der Waals surface area contributed by atoms with Crippen molar-refractivity contribution >= 4 is 5.82 Å². The van der Waals surface area contributed by atoms with E-state index < -0.39 is 0 Å². The summed E-state index contributed by atoms with van der Waals surface area (Å²) >= 11 is 0. The number of hydrogen-bond acceptors (Lipinski definition) is 3. The van der Waals surface area contributed by atoms with Gasteiger partial charge in [0.1, 0.15) is 11.5 Å². The summed E-state index contributed by atoms with van der Waals surface area (Å²) in [6.45, 7) is 4.02. The van der Waals surface area contributed by atoms with Crippen LogP contribution in [0.25, 0.3) is 0 Å². The highest BCUT2D eigenvalue weighted by Crippen LogP contribution is 2.18. The van der Waals surface area contributed by atoms with E-state index in [0.29, 0.717) is 11.9 Å². The maximum atomic E-state index is 5.92. The van der Waals surface area contributed by atoms with Gasteiger partial charge in [0.15, 0.2) is 0 Å². The summed E-state index contributed by atoms with van der Waals surface area (Å²) in [5.74, 6) is 0.683. The molecule has 0 aliphatic carbocycles. The van der Waals surface area contributed by atoms with Crippen LogP contribution >= 0.6 is 0 Å². The molecule has 18 heavy (non-hydrogen) atoms. The summed E-state index contributed by atoms with van der Waals surface area (Å²) < 4.78 is 1.82. The van der Waals surface area contributed by atoms with Crippen molar-refractivity contribution in [3.63, 3.8) is 0 Å². The van der Waals surface area contributed by atoms with Crippen LogP contribution in [0.1, 0.15) is 37.1 Å². The minimum Gasteiger partial charge on any atom is -0.382 e. The summed E-state index contributed by atoms with van der Waals surface area (Å²) in [5, 5.41) is 8.07. The lowest BCUT2D eigenvalue weighted by Crippen LogP contribution is -2.11. The van der Waals surface area contributed by atoms with Gasteiger partial charge in [-0.15, -0.1) is 5.10 Å². The number of nitrogens with two attached hydrogens (primary N) is 1. The van der Waals surface area contributed by atoms with Crippen LogP contribution in [-0.2, 0) is 6.42 Å². The molecule has 4 nitrogen and oxygen atoms in total. The molecule has 1 unspecified atom stereocenters. The molecule has 1 atom stereocenters. The second-order valence-electron chi connectivity index (χ2n) is 4.73. The first-order valence-electron chi connectivity index (χ1n) is 6.39. The van der Waals surface area contributed by atoms with Crippen LogP contribution in [0.5, 0.6) is 0 Å². The Labute approximate surface area is 108 Å². The highest BCUT2D eigenvalue weighted by atomic mass is 15.5. The van der Waals surface area contributed by atoms with Crippen molar-refractivity contribution in [1.82, 2.24) is 15.0 Å². The lowest BCUT2D eigenvalue weighted by Gasteiger charge is -2.12. The van der Waals surface area contributed by atoms with E-state index in [-0.39, 0.29) is 0 Å². The van der Waals surface area contributed by atoms with Crippen LogP contribution in [0.2, 0.25) is 0 Å². The van der Waals surface area contributed by atoms with Gasteiger partial charge in [-0.1, -0.05) is 35.5 Å². The van der Waals surface area contributed by atoms with E-state index in [4.69, 9.17) is 5.73 Å². The molecule has 1 aromatic carbocycles. The van der Waals surface area contributed by atoms with Gasteiger partial charge in [-0.25, -0.2) is 4.68 Å². The minimum absolute atomic E-state index is 0.301. The molecule has 0 bridgehead atoms. The van der Waals surface area contributed by atoms with Crippen molar-refractivity contribution in [3.8, 4) is 0 Å². The van der Waals surface area contributed by atoms with Crippen molar-refractivity contribution in [2.75, 3.05) is 5.73 Å². The number of rotatable bonds is 5. The molecule has 0 radical (unpaired) electrons. The molecule has 2 rings (SSSR count). The molecule has 96 valence electrons. The number of aromatic nitrogens is 3. The van der Waals surface area contributed by atoms with Crippen LogP contribution in [0.15, 0.2) is 30.3 Å². The van der Waals surface area contributed by atoms with Gasteiger partial charge >= 0.3 is 0 Å². The molecule has 0 fully saturated rings. The third kappa shape index (κ3) is 2.88. The maximum absolute atomic E-state index is 5.92. The largest absolute Gasteiger partial charge is 0.382 e. The van der Waals surface area contributed by atoms with Gasteiger partial charge in [-0.2, -0.15) is 0 Å². The molecular formula is C14H20N4. The molecule has 0 spiro atoms. The molecule has 0 aliphatic heterocycles. The first-order valence-corrected chi connectivity index (χ1v) is 6.39. The van der Waals surface area contributed by atoms with Gasteiger partial charge in [0, 0.05) is 0 Å². The number of nitrogens with zero attached hydrogens (tertiary/aromatic N) is 3. The Bertz CT molecular complexity index is 490. The second-order valence-corrected chi connectivity index (χ2v) is 4.73. The molecular weight excluding hydrogens is 224 g/mol. The zero-order chi connectivity index (χ0) is 13.0. The Morgan fingerprint density at radius 3 is 2.61 bits per heavy atom. The van der Waals surface area contributed by atoms with Crippen LogP contribution in [0, 0.1) is 6.92 Å². The molecule has 1 heterocycles. The van der Waals surface area contributed by atoms with Gasteiger partial charge < -0.3 is 5.73 Å². The quantitative estimate of drug-likeness (QED) is 0.879. The summed E-state index contributed by atoms with van der Waals surface area (Å²) in [6, 6.07) is 10.8. The lowest BCUT2D eigenvalue weighted by atomic mass is 10.1. The standard InChI is InChI=1S/C14H20N4/c1-11(18-14(15)12(2)16-17-18)7-6-10-13-8-4-3-5-9-13/h3-5,8-9,11H,6-7,10,15H2,1-2H3. The van der Waals surface area contributed by atoms with E-state index in [1.165, 1.54) is 5.56 Å². The molecule has 0 aliphatic rings. The van der Waals surface area contributed by atoms with E-state index >= 15 is 0 Å². The Hall–Kier alpha value is -1.84. The van der Waals surface area contributed by atoms with Gasteiger partial charge in [-0.3, -0.25) is 0 Å². The molecule has 4 heteroatoms. The van der Waals surface area contributed by atoms with E-state index in [1.54, 1.807) is 0 Å². The molecule has 2 N–H and O–H groups in total. The first-order chi connectivity index (χ1) is 8.68. The lowest BCUT2D eigenvalue weighted by molar-refractivity contribution is 0.441. The van der Waals surface area contributed by atoms with Crippen molar-refractivity contribution in [2.45, 2.75) is 39.2 Å². The summed E-state index contributed by atoms with van der Waals surface area (Å²) in [7, 11) is 0. The third-order valence-corrected chi connectivity index (χ3v) is 3.26. The fraction of sp³-hybridized carbons (Fsp3) is 0.429. The highest BCUT2D eigenvalue weighted by Gasteiger charge is 2.11. The molecule has 1 aromatic heterocycles. The Morgan fingerprint density at radius 1 is 1.28 bits per heavy atom. The number of aryl methyl sites for hydroxylation is 2. The number of benzene rings is 1. The average molecular weight is 244 g/mol. The van der Waals surface area contributed by atoms with E-state index in [9.17, 15) is 0 Å². The van der Waals surface area contributed by atoms with Crippen molar-refractivity contribution < 1.29 is 0 Å². The fourth-order valence-corrected chi connectivity index (χ4v) is 2.07. The number of anilines is 1. The molecule has 0 saturated heterocycles.